The third kappa shape index (κ3) is 4.20. The average Bonchev–Trinajstić information content (AvgIpc) is 3.10. The molecule has 1 N–H and O–H groups in total. The van der Waals surface area contributed by atoms with Crippen molar-refractivity contribution in [1.82, 2.24) is 4.98 Å². The van der Waals surface area contributed by atoms with Crippen molar-refractivity contribution < 1.29 is 22.0 Å². The number of anilines is 1. The van der Waals surface area contributed by atoms with Crippen molar-refractivity contribution in [2.24, 2.45) is 0 Å². The van der Waals surface area contributed by atoms with Crippen LogP contribution < -0.4 is 5.32 Å². The molecule has 0 unspecified atom stereocenters. The molecule has 0 aliphatic heterocycles. The maximum atomic E-state index is 13.8. The van der Waals surface area contributed by atoms with E-state index in [2.05, 4.69) is 10.3 Å². The fourth-order valence-electron chi connectivity index (χ4n) is 2.30. The van der Waals surface area contributed by atoms with Crippen LogP contribution in [0.4, 0.5) is 13.9 Å². The van der Waals surface area contributed by atoms with E-state index in [1.54, 1.807) is 12.3 Å². The van der Waals surface area contributed by atoms with Crippen LogP contribution in [0.1, 0.15) is 17.3 Å². The molecule has 1 aromatic heterocycles. The summed E-state index contributed by atoms with van der Waals surface area (Å²) >= 11 is 1.09. The van der Waals surface area contributed by atoms with Gasteiger partial charge in [0.25, 0.3) is 5.91 Å². The van der Waals surface area contributed by atoms with Crippen molar-refractivity contribution in [3.8, 4) is 11.3 Å². The van der Waals surface area contributed by atoms with Crippen molar-refractivity contribution in [3.63, 3.8) is 0 Å². The second-order valence-electron chi connectivity index (χ2n) is 5.54. The van der Waals surface area contributed by atoms with Gasteiger partial charge in [-0.25, -0.2) is 22.2 Å². The predicted octanol–water partition coefficient (Wildman–Crippen LogP) is 4.13. The summed E-state index contributed by atoms with van der Waals surface area (Å²) in [4.78, 5) is 16.6. The molecule has 0 atom stereocenters. The first kappa shape index (κ1) is 19.1. The standard InChI is InChI=1S/C18H14F2N2O3S2/c1-2-27(24,25)13-6-3-11(4-7-13)17(23)22-18-21-16(10-26-18)14-8-5-12(19)9-15(14)20/h3-10H,2H2,1H3,(H,21,22,23). The Kier molecular flexibility index (Phi) is 5.33. The van der Waals surface area contributed by atoms with Crippen molar-refractivity contribution in [2.75, 3.05) is 11.1 Å². The molecule has 140 valence electrons. The van der Waals surface area contributed by atoms with Crippen LogP contribution in [0.2, 0.25) is 0 Å². The minimum absolute atomic E-state index is 0.0274. The van der Waals surface area contributed by atoms with Crippen LogP contribution in [-0.4, -0.2) is 25.1 Å². The fraction of sp³-hybridized carbons (Fsp3) is 0.111. The largest absolute Gasteiger partial charge is 0.298 e. The Bertz CT molecular complexity index is 1090. The number of hydrogen-bond donors (Lipinski definition) is 1. The lowest BCUT2D eigenvalue weighted by Crippen LogP contribution is -2.12. The zero-order chi connectivity index (χ0) is 19.6. The molecule has 5 nitrogen and oxygen atoms in total. The topological polar surface area (TPSA) is 76.1 Å². The molecule has 0 fully saturated rings. The molecule has 0 saturated heterocycles. The van der Waals surface area contributed by atoms with Crippen molar-refractivity contribution >= 4 is 32.2 Å². The number of aromatic nitrogens is 1. The van der Waals surface area contributed by atoms with Gasteiger partial charge in [0.2, 0.25) is 0 Å². The van der Waals surface area contributed by atoms with E-state index in [0.29, 0.717) is 0 Å². The van der Waals surface area contributed by atoms with E-state index in [1.165, 1.54) is 30.3 Å². The number of amides is 1. The average molecular weight is 408 g/mol. The number of sulfone groups is 1. The molecule has 1 amide bonds. The first-order valence-electron chi connectivity index (χ1n) is 7.85. The molecular weight excluding hydrogens is 394 g/mol. The van der Waals surface area contributed by atoms with E-state index in [4.69, 9.17) is 0 Å². The fourth-order valence-corrected chi connectivity index (χ4v) is 3.89. The highest BCUT2D eigenvalue weighted by molar-refractivity contribution is 7.91. The van der Waals surface area contributed by atoms with Gasteiger partial charge in [-0.1, -0.05) is 6.92 Å². The van der Waals surface area contributed by atoms with Gasteiger partial charge < -0.3 is 0 Å². The van der Waals surface area contributed by atoms with E-state index in [1.807, 2.05) is 0 Å². The third-order valence-corrected chi connectivity index (χ3v) is 6.30. The van der Waals surface area contributed by atoms with Crippen molar-refractivity contribution in [1.29, 1.82) is 0 Å². The molecule has 9 heteroatoms. The number of hydrogen-bond acceptors (Lipinski definition) is 5. The van der Waals surface area contributed by atoms with Gasteiger partial charge in [-0.2, -0.15) is 0 Å². The molecule has 0 spiro atoms. The maximum Gasteiger partial charge on any atom is 0.257 e. The molecule has 3 rings (SSSR count). The van der Waals surface area contributed by atoms with E-state index < -0.39 is 27.4 Å². The normalized spacial score (nSPS) is 11.4. The van der Waals surface area contributed by atoms with E-state index in [9.17, 15) is 22.0 Å². The van der Waals surface area contributed by atoms with Crippen LogP contribution in [0.15, 0.2) is 52.7 Å². The summed E-state index contributed by atoms with van der Waals surface area (Å²) < 4.78 is 50.4. The first-order chi connectivity index (χ1) is 12.8. The van der Waals surface area contributed by atoms with Gasteiger partial charge in [-0.15, -0.1) is 11.3 Å². The summed E-state index contributed by atoms with van der Waals surface area (Å²) in [6.07, 6.45) is 0. The summed E-state index contributed by atoms with van der Waals surface area (Å²) in [7, 11) is -3.34. The van der Waals surface area contributed by atoms with E-state index in [-0.39, 0.29) is 32.6 Å². The van der Waals surface area contributed by atoms with Gasteiger partial charge >= 0.3 is 0 Å². The number of halogens is 2. The summed E-state index contributed by atoms with van der Waals surface area (Å²) in [6, 6.07) is 8.72. The quantitative estimate of drug-likeness (QED) is 0.689. The molecule has 0 aliphatic carbocycles. The minimum Gasteiger partial charge on any atom is -0.298 e. The lowest BCUT2D eigenvalue weighted by molar-refractivity contribution is 0.102. The Morgan fingerprint density at radius 2 is 1.85 bits per heavy atom. The third-order valence-electron chi connectivity index (χ3n) is 3.79. The van der Waals surface area contributed by atoms with E-state index in [0.717, 1.165) is 23.5 Å². The Morgan fingerprint density at radius 3 is 2.48 bits per heavy atom. The zero-order valence-corrected chi connectivity index (χ0v) is 15.7. The highest BCUT2D eigenvalue weighted by Gasteiger charge is 2.15. The SMILES string of the molecule is CCS(=O)(=O)c1ccc(C(=O)Nc2nc(-c3ccc(F)cc3F)cs2)cc1. The molecule has 0 radical (unpaired) electrons. The molecule has 0 bridgehead atoms. The minimum atomic E-state index is -3.34. The van der Waals surface area contributed by atoms with Gasteiger partial charge in [0.05, 0.1) is 16.3 Å². The van der Waals surface area contributed by atoms with Gasteiger partial charge in [0.1, 0.15) is 11.6 Å². The molecule has 0 saturated carbocycles. The lowest BCUT2D eigenvalue weighted by Gasteiger charge is -2.04. The van der Waals surface area contributed by atoms with Crippen LogP contribution in [0.25, 0.3) is 11.3 Å². The molecule has 27 heavy (non-hydrogen) atoms. The summed E-state index contributed by atoms with van der Waals surface area (Å²) in [5.41, 5.74) is 0.661. The summed E-state index contributed by atoms with van der Waals surface area (Å²) in [5.74, 6) is -1.93. The second kappa shape index (κ2) is 7.53. The van der Waals surface area contributed by atoms with Crippen LogP contribution >= 0.6 is 11.3 Å². The monoisotopic (exact) mass is 408 g/mol. The van der Waals surface area contributed by atoms with Crippen LogP contribution in [0, 0.1) is 11.6 Å². The number of nitrogens with zero attached hydrogens (tertiary/aromatic N) is 1. The van der Waals surface area contributed by atoms with Gasteiger partial charge in [0.15, 0.2) is 15.0 Å². The second-order valence-corrected chi connectivity index (χ2v) is 8.68. The maximum absolute atomic E-state index is 13.8. The smallest absolute Gasteiger partial charge is 0.257 e. The Labute approximate surface area is 158 Å². The molecule has 0 aliphatic rings. The predicted molar refractivity (Wildman–Crippen MR) is 99.6 cm³/mol. The van der Waals surface area contributed by atoms with Crippen molar-refractivity contribution in [2.45, 2.75) is 11.8 Å². The van der Waals surface area contributed by atoms with Gasteiger partial charge in [0, 0.05) is 22.6 Å². The lowest BCUT2D eigenvalue weighted by atomic mass is 10.1. The van der Waals surface area contributed by atoms with E-state index >= 15 is 0 Å². The molecule has 2 aromatic carbocycles. The number of benzene rings is 2. The highest BCUT2D eigenvalue weighted by atomic mass is 32.2. The first-order valence-corrected chi connectivity index (χ1v) is 10.4. The van der Waals surface area contributed by atoms with Gasteiger partial charge in [-0.3, -0.25) is 10.1 Å². The molecule has 1 heterocycles. The Hall–Kier alpha value is -2.65. The van der Waals surface area contributed by atoms with Crippen LogP contribution in [-0.2, 0) is 9.84 Å². The summed E-state index contributed by atoms with van der Waals surface area (Å²) in [6.45, 7) is 1.54. The van der Waals surface area contributed by atoms with Crippen LogP contribution in [0.3, 0.4) is 0 Å². The number of rotatable bonds is 5. The zero-order valence-electron chi connectivity index (χ0n) is 14.1. The summed E-state index contributed by atoms with van der Waals surface area (Å²) in [5, 5.41) is 4.36. The Morgan fingerprint density at radius 1 is 1.15 bits per heavy atom. The van der Waals surface area contributed by atoms with Crippen molar-refractivity contribution in [3.05, 3.63) is 65.0 Å². The van der Waals surface area contributed by atoms with Gasteiger partial charge in [-0.05, 0) is 36.4 Å². The molecule has 3 aromatic rings. The Balaban J connectivity index is 1.76. The number of nitrogens with one attached hydrogen (secondary N) is 1. The highest BCUT2D eigenvalue weighted by Crippen LogP contribution is 2.27. The number of thiazole rings is 1. The number of carbonyl (C=O) groups is 1. The molecular formula is C18H14F2N2O3S2. The number of carbonyl (C=O) groups excluding carboxylic acids is 1. The van der Waals surface area contributed by atoms with Crippen LogP contribution in [0.5, 0.6) is 0 Å².